The van der Waals surface area contributed by atoms with Crippen LogP contribution in [-0.2, 0) is 65.4 Å². The molecule has 0 aliphatic rings. The molecule has 0 aromatic rings. The predicted molar refractivity (Wildman–Crippen MR) is 349 cm³/mol. The Morgan fingerprint density at radius 1 is 0.333 bits per heavy atom. The van der Waals surface area contributed by atoms with E-state index in [1.165, 1.54) is 135 Å². The molecule has 87 heavy (non-hydrogen) atoms. The van der Waals surface area contributed by atoms with Crippen LogP contribution in [0.1, 0.15) is 337 Å². The largest absolute Gasteiger partial charge is 0.472 e. The van der Waals surface area contributed by atoms with Gasteiger partial charge in [-0.05, 0) is 43.4 Å². The fourth-order valence-electron chi connectivity index (χ4n) is 10.1. The standard InChI is InChI=1S/C68H132O17P2/c1-8-11-12-13-25-35-42-49-65(70)78-55-64(85-68(73)52-45-38-31-30-34-41-48-61(7)10-3)58-83-87(76,77)81-54-62(69)53-80-86(74,75)82-57-63(56-79-66(71)50-43-36-28-24-20-21-26-32-39-46-59(4)5)84-67(72)51-44-37-29-23-19-17-15-14-16-18-22-27-33-40-47-60(6)9-2/h59-64,69H,8-58H2,1-7H3,(H,74,75)(H,76,77)/t60?,61?,62-,63-,64-/m1/s1. The van der Waals surface area contributed by atoms with Crippen LogP contribution in [0.2, 0.25) is 0 Å². The molecule has 0 bridgehead atoms. The third-order valence-corrected chi connectivity index (χ3v) is 18.3. The average Bonchev–Trinajstić information content (AvgIpc) is 3.70. The molecule has 0 aromatic heterocycles. The van der Waals surface area contributed by atoms with Crippen molar-refractivity contribution in [1.29, 1.82) is 0 Å². The molecule has 0 saturated carbocycles. The van der Waals surface area contributed by atoms with Gasteiger partial charge in [0.15, 0.2) is 12.2 Å². The fourth-order valence-corrected chi connectivity index (χ4v) is 11.7. The Bertz CT molecular complexity index is 1720. The third kappa shape index (κ3) is 60.1. The second-order valence-corrected chi connectivity index (χ2v) is 28.4. The van der Waals surface area contributed by atoms with E-state index in [2.05, 4.69) is 48.5 Å². The van der Waals surface area contributed by atoms with E-state index in [-0.39, 0.29) is 25.7 Å². The highest BCUT2D eigenvalue weighted by Crippen LogP contribution is 2.45. The van der Waals surface area contributed by atoms with Crippen molar-refractivity contribution in [2.75, 3.05) is 39.6 Å². The average molecular weight is 1280 g/mol. The summed E-state index contributed by atoms with van der Waals surface area (Å²) >= 11 is 0. The summed E-state index contributed by atoms with van der Waals surface area (Å²) in [6.45, 7) is 11.8. The first kappa shape index (κ1) is 85.1. The first-order chi connectivity index (χ1) is 41.8. The van der Waals surface area contributed by atoms with Crippen LogP contribution < -0.4 is 0 Å². The molecule has 0 saturated heterocycles. The van der Waals surface area contributed by atoms with E-state index in [0.29, 0.717) is 25.7 Å². The van der Waals surface area contributed by atoms with Gasteiger partial charge in [0.2, 0.25) is 0 Å². The number of ether oxygens (including phenoxy) is 4. The Labute approximate surface area is 530 Å². The maximum Gasteiger partial charge on any atom is 0.472 e. The summed E-state index contributed by atoms with van der Waals surface area (Å²) in [6, 6.07) is 0. The van der Waals surface area contributed by atoms with Gasteiger partial charge in [-0.3, -0.25) is 37.3 Å². The van der Waals surface area contributed by atoms with Gasteiger partial charge in [0, 0.05) is 25.7 Å². The molecule has 0 fully saturated rings. The lowest BCUT2D eigenvalue weighted by molar-refractivity contribution is -0.161. The van der Waals surface area contributed by atoms with Crippen molar-refractivity contribution in [3.63, 3.8) is 0 Å². The number of hydrogen-bond acceptors (Lipinski definition) is 15. The molecule has 0 aliphatic carbocycles. The molecule has 0 rings (SSSR count). The van der Waals surface area contributed by atoms with Crippen LogP contribution in [0.5, 0.6) is 0 Å². The molecule has 7 atom stereocenters. The Morgan fingerprint density at radius 3 is 0.874 bits per heavy atom. The molecule has 0 radical (unpaired) electrons. The number of unbranched alkanes of at least 4 members (excludes halogenated alkanes) is 32. The van der Waals surface area contributed by atoms with E-state index in [4.69, 9.17) is 37.0 Å². The molecular weight excluding hydrogens is 1150 g/mol. The molecule has 0 spiro atoms. The fraction of sp³-hybridized carbons (Fsp3) is 0.941. The second-order valence-electron chi connectivity index (χ2n) is 25.5. The summed E-state index contributed by atoms with van der Waals surface area (Å²) in [6.07, 6.45) is 41.8. The summed E-state index contributed by atoms with van der Waals surface area (Å²) < 4.78 is 68.1. The monoisotopic (exact) mass is 1280 g/mol. The molecule has 0 heterocycles. The van der Waals surface area contributed by atoms with Crippen LogP contribution in [0.4, 0.5) is 0 Å². The zero-order valence-corrected chi connectivity index (χ0v) is 58.3. The lowest BCUT2D eigenvalue weighted by Gasteiger charge is -2.21. The highest BCUT2D eigenvalue weighted by molar-refractivity contribution is 7.47. The van der Waals surface area contributed by atoms with Crippen molar-refractivity contribution in [2.24, 2.45) is 17.8 Å². The van der Waals surface area contributed by atoms with Crippen molar-refractivity contribution in [2.45, 2.75) is 356 Å². The zero-order valence-electron chi connectivity index (χ0n) is 56.5. The van der Waals surface area contributed by atoms with E-state index >= 15 is 0 Å². The van der Waals surface area contributed by atoms with E-state index in [0.717, 1.165) is 120 Å². The summed E-state index contributed by atoms with van der Waals surface area (Å²) in [5, 5.41) is 10.6. The van der Waals surface area contributed by atoms with Crippen LogP contribution in [0.3, 0.4) is 0 Å². The second kappa shape index (κ2) is 59.1. The number of aliphatic hydroxyl groups is 1. The lowest BCUT2D eigenvalue weighted by atomic mass is 9.99. The van der Waals surface area contributed by atoms with Gasteiger partial charge in [-0.1, -0.05) is 286 Å². The Balaban J connectivity index is 5.20. The molecule has 0 aliphatic heterocycles. The number of carbonyl (C=O) groups excluding carboxylic acids is 4. The van der Waals surface area contributed by atoms with Gasteiger partial charge in [-0.15, -0.1) is 0 Å². The van der Waals surface area contributed by atoms with Crippen molar-refractivity contribution in [1.82, 2.24) is 0 Å². The van der Waals surface area contributed by atoms with E-state index in [9.17, 15) is 43.2 Å². The van der Waals surface area contributed by atoms with Crippen LogP contribution in [0.15, 0.2) is 0 Å². The van der Waals surface area contributed by atoms with Crippen molar-refractivity contribution < 1.29 is 80.2 Å². The van der Waals surface area contributed by atoms with E-state index < -0.39 is 97.5 Å². The van der Waals surface area contributed by atoms with Crippen molar-refractivity contribution in [3.8, 4) is 0 Å². The van der Waals surface area contributed by atoms with E-state index in [1.54, 1.807) is 0 Å². The normalized spacial score (nSPS) is 14.9. The summed E-state index contributed by atoms with van der Waals surface area (Å²) in [7, 11) is -9.89. The molecule has 17 nitrogen and oxygen atoms in total. The van der Waals surface area contributed by atoms with Crippen LogP contribution in [0, 0.1) is 17.8 Å². The molecule has 4 unspecified atom stereocenters. The molecule has 0 aromatic carbocycles. The van der Waals surface area contributed by atoms with Gasteiger partial charge in [-0.2, -0.15) is 0 Å². The molecule has 0 amide bonds. The minimum atomic E-state index is -4.95. The molecule has 3 N–H and O–H groups in total. The number of esters is 4. The zero-order chi connectivity index (χ0) is 64.5. The van der Waals surface area contributed by atoms with Gasteiger partial charge >= 0.3 is 39.5 Å². The van der Waals surface area contributed by atoms with Gasteiger partial charge < -0.3 is 33.8 Å². The minimum Gasteiger partial charge on any atom is -0.462 e. The first-order valence-electron chi connectivity index (χ1n) is 35.4. The summed E-state index contributed by atoms with van der Waals surface area (Å²) in [4.78, 5) is 72.3. The van der Waals surface area contributed by atoms with Crippen LogP contribution >= 0.6 is 15.6 Å². The smallest absolute Gasteiger partial charge is 0.462 e. The van der Waals surface area contributed by atoms with Crippen molar-refractivity contribution in [3.05, 3.63) is 0 Å². The summed E-state index contributed by atoms with van der Waals surface area (Å²) in [5.74, 6) is 0.174. The van der Waals surface area contributed by atoms with Gasteiger partial charge in [0.1, 0.15) is 19.3 Å². The number of phosphoric ester groups is 2. The van der Waals surface area contributed by atoms with Gasteiger partial charge in [0.05, 0.1) is 26.4 Å². The summed E-state index contributed by atoms with van der Waals surface area (Å²) in [5.41, 5.74) is 0. The topological polar surface area (TPSA) is 237 Å². The number of phosphoric acid groups is 2. The number of rotatable bonds is 66. The first-order valence-corrected chi connectivity index (χ1v) is 38.4. The predicted octanol–water partition coefficient (Wildman–Crippen LogP) is 19.1. The SMILES string of the molecule is CCCCCCCCCC(=O)OC[C@H](COP(=O)(O)OC[C@H](O)COP(=O)(O)OC[C@@H](COC(=O)CCCCCCCCCCCC(C)C)OC(=O)CCCCCCCCCCCCCCCCC(C)CC)OC(=O)CCCCCCCCC(C)CC. The highest BCUT2D eigenvalue weighted by Gasteiger charge is 2.30. The Hall–Kier alpha value is -1.94. The number of hydrogen-bond donors (Lipinski definition) is 3. The molecule has 516 valence electrons. The van der Waals surface area contributed by atoms with Gasteiger partial charge in [0.25, 0.3) is 0 Å². The Kier molecular flexibility index (Phi) is 57.8. The minimum absolute atomic E-state index is 0.102. The number of aliphatic hydroxyl groups excluding tert-OH is 1. The third-order valence-electron chi connectivity index (χ3n) is 16.4. The maximum absolute atomic E-state index is 13.0. The molecule has 19 heteroatoms. The highest BCUT2D eigenvalue weighted by atomic mass is 31.2. The maximum atomic E-state index is 13.0. The number of carbonyl (C=O) groups is 4. The van der Waals surface area contributed by atoms with E-state index in [1.807, 2.05) is 0 Å². The van der Waals surface area contributed by atoms with Gasteiger partial charge in [-0.25, -0.2) is 9.13 Å². The quantitative estimate of drug-likeness (QED) is 0.0222. The lowest BCUT2D eigenvalue weighted by Crippen LogP contribution is -2.30. The van der Waals surface area contributed by atoms with Crippen molar-refractivity contribution >= 4 is 39.5 Å². The van der Waals surface area contributed by atoms with Crippen LogP contribution in [-0.4, -0.2) is 96.7 Å². The molecular formula is C68H132O17P2. The Morgan fingerprint density at radius 2 is 0.586 bits per heavy atom. The van der Waals surface area contributed by atoms with Crippen LogP contribution in [0.25, 0.3) is 0 Å².